The standard InChI is InChI=1S/C21H38NO3Si2/c1-6-23-21(26(2)3)13-15-22-14-10-16-27(4,5)25-20(17-22)18-24-19-11-8-7-9-12-19/h7-9,11-12,20-21H,6,10,13-18H2,1-5H3. The first-order chi connectivity index (χ1) is 12.9. The molecule has 2 unspecified atom stereocenters. The van der Waals surface area contributed by atoms with E-state index in [0.717, 1.165) is 38.4 Å². The molecular weight excluding hydrogens is 370 g/mol. The molecule has 0 amide bonds. The molecule has 0 spiro atoms. The van der Waals surface area contributed by atoms with Crippen LogP contribution in [0.2, 0.25) is 32.2 Å². The third-order valence-corrected chi connectivity index (χ3v) is 9.37. The largest absolute Gasteiger partial charge is 0.491 e. The van der Waals surface area contributed by atoms with Crippen LogP contribution in [-0.4, -0.2) is 66.7 Å². The third-order valence-electron chi connectivity index (χ3n) is 5.10. The zero-order chi connectivity index (χ0) is 19.7. The molecule has 0 N–H and O–H groups in total. The summed E-state index contributed by atoms with van der Waals surface area (Å²) in [5.41, 5.74) is 0.441. The molecule has 1 aromatic rings. The van der Waals surface area contributed by atoms with E-state index in [1.165, 1.54) is 12.5 Å². The van der Waals surface area contributed by atoms with E-state index in [4.69, 9.17) is 13.9 Å². The number of hydrogen-bond donors (Lipinski definition) is 0. The number of rotatable bonds is 9. The predicted molar refractivity (Wildman–Crippen MR) is 118 cm³/mol. The molecule has 0 aromatic heterocycles. The highest BCUT2D eigenvalue weighted by molar-refractivity contribution is 6.71. The van der Waals surface area contributed by atoms with Crippen molar-refractivity contribution in [1.82, 2.24) is 4.90 Å². The van der Waals surface area contributed by atoms with Gasteiger partial charge >= 0.3 is 0 Å². The van der Waals surface area contributed by atoms with E-state index in [1.54, 1.807) is 0 Å². The Morgan fingerprint density at radius 3 is 2.67 bits per heavy atom. The molecule has 4 nitrogen and oxygen atoms in total. The molecule has 0 bridgehead atoms. The molecule has 0 aliphatic carbocycles. The lowest BCUT2D eigenvalue weighted by atomic mass is 10.2. The van der Waals surface area contributed by atoms with Crippen LogP contribution in [0.3, 0.4) is 0 Å². The Hall–Kier alpha value is -0.666. The average molecular weight is 409 g/mol. The highest BCUT2D eigenvalue weighted by atomic mass is 28.4. The highest BCUT2D eigenvalue weighted by Gasteiger charge is 2.31. The molecule has 1 aromatic carbocycles. The maximum Gasteiger partial charge on any atom is 0.187 e. The summed E-state index contributed by atoms with van der Waals surface area (Å²) < 4.78 is 18.6. The summed E-state index contributed by atoms with van der Waals surface area (Å²) in [5.74, 6) is 0.926. The monoisotopic (exact) mass is 408 g/mol. The molecule has 2 atom stereocenters. The first-order valence-electron chi connectivity index (χ1n) is 10.4. The van der Waals surface area contributed by atoms with E-state index < -0.39 is 17.1 Å². The fourth-order valence-corrected chi connectivity index (χ4v) is 7.07. The van der Waals surface area contributed by atoms with Gasteiger partial charge in [-0.3, -0.25) is 0 Å². The van der Waals surface area contributed by atoms with Crippen LogP contribution in [0.25, 0.3) is 0 Å². The Kier molecular flexibility index (Phi) is 9.52. The SMILES string of the molecule is CCOC(CCN1CCC[Si](C)(C)OC(COc2ccccc2)C1)[Si](C)C. The number of nitrogens with zero attached hydrogens (tertiary/aromatic N) is 1. The Balaban J connectivity index is 1.93. The summed E-state index contributed by atoms with van der Waals surface area (Å²) >= 11 is 0. The minimum absolute atomic E-state index is 0.144. The van der Waals surface area contributed by atoms with Crippen LogP contribution < -0.4 is 4.74 Å². The highest BCUT2D eigenvalue weighted by Crippen LogP contribution is 2.21. The van der Waals surface area contributed by atoms with Gasteiger partial charge in [0, 0.05) is 25.4 Å². The van der Waals surface area contributed by atoms with E-state index in [2.05, 4.69) is 38.0 Å². The lowest BCUT2D eigenvalue weighted by Crippen LogP contribution is -2.48. The summed E-state index contributed by atoms with van der Waals surface area (Å²) in [6, 6.07) is 11.3. The first kappa shape index (κ1) is 22.6. The Morgan fingerprint density at radius 2 is 2.00 bits per heavy atom. The predicted octanol–water partition coefficient (Wildman–Crippen LogP) is 4.45. The molecule has 6 heteroatoms. The zero-order valence-corrected chi connectivity index (χ0v) is 19.9. The summed E-state index contributed by atoms with van der Waals surface area (Å²) in [6.07, 6.45) is 2.51. The van der Waals surface area contributed by atoms with Gasteiger partial charge in [0.1, 0.15) is 12.4 Å². The van der Waals surface area contributed by atoms with Crippen molar-refractivity contribution >= 4 is 17.1 Å². The van der Waals surface area contributed by atoms with Crippen molar-refractivity contribution in [2.45, 2.75) is 63.8 Å². The molecule has 153 valence electrons. The van der Waals surface area contributed by atoms with Crippen LogP contribution >= 0.6 is 0 Å². The van der Waals surface area contributed by atoms with Crippen molar-refractivity contribution in [2.24, 2.45) is 0 Å². The Morgan fingerprint density at radius 1 is 1.26 bits per heavy atom. The van der Waals surface area contributed by atoms with Gasteiger partial charge in [-0.05, 0) is 57.6 Å². The van der Waals surface area contributed by atoms with Crippen molar-refractivity contribution < 1.29 is 13.9 Å². The van der Waals surface area contributed by atoms with Crippen molar-refractivity contribution in [3.63, 3.8) is 0 Å². The molecule has 1 aliphatic heterocycles. The molecule has 1 aliphatic rings. The summed E-state index contributed by atoms with van der Waals surface area (Å²) in [7, 11) is -2.03. The van der Waals surface area contributed by atoms with Gasteiger partial charge in [-0.1, -0.05) is 31.3 Å². The molecule has 2 rings (SSSR count). The minimum Gasteiger partial charge on any atom is -0.491 e. The number of ether oxygens (including phenoxy) is 2. The summed E-state index contributed by atoms with van der Waals surface area (Å²) in [4.78, 5) is 2.57. The number of para-hydroxylation sites is 1. The number of benzene rings is 1. The maximum atomic E-state index is 6.58. The van der Waals surface area contributed by atoms with Crippen LogP contribution in [0, 0.1) is 0 Å². The van der Waals surface area contributed by atoms with Crippen molar-refractivity contribution in [2.75, 3.05) is 32.8 Å². The molecule has 1 fully saturated rings. The fraction of sp³-hybridized carbons (Fsp3) is 0.714. The van der Waals surface area contributed by atoms with Crippen molar-refractivity contribution in [3.05, 3.63) is 30.3 Å². The van der Waals surface area contributed by atoms with Gasteiger partial charge in [0.15, 0.2) is 8.32 Å². The molecule has 27 heavy (non-hydrogen) atoms. The van der Waals surface area contributed by atoms with Gasteiger partial charge in [0.25, 0.3) is 0 Å². The van der Waals surface area contributed by atoms with Crippen LogP contribution in [0.1, 0.15) is 19.8 Å². The van der Waals surface area contributed by atoms with Gasteiger partial charge in [-0.15, -0.1) is 0 Å². The second-order valence-electron chi connectivity index (χ2n) is 8.34. The van der Waals surface area contributed by atoms with E-state index >= 15 is 0 Å². The topological polar surface area (TPSA) is 30.9 Å². The quantitative estimate of drug-likeness (QED) is 0.565. The fourth-order valence-electron chi connectivity index (χ4n) is 3.69. The second-order valence-corrected chi connectivity index (χ2v) is 15.4. The third kappa shape index (κ3) is 8.48. The van der Waals surface area contributed by atoms with E-state index in [0.29, 0.717) is 12.3 Å². The lowest BCUT2D eigenvalue weighted by molar-refractivity contribution is 0.0594. The van der Waals surface area contributed by atoms with Crippen LogP contribution in [0.15, 0.2) is 30.3 Å². The van der Waals surface area contributed by atoms with E-state index in [9.17, 15) is 0 Å². The summed E-state index contributed by atoms with van der Waals surface area (Å²) in [6.45, 7) is 16.1. The Bertz CT molecular complexity index is 527. The zero-order valence-electron chi connectivity index (χ0n) is 17.9. The van der Waals surface area contributed by atoms with Gasteiger partial charge in [0.2, 0.25) is 0 Å². The van der Waals surface area contributed by atoms with Gasteiger partial charge < -0.3 is 18.8 Å². The van der Waals surface area contributed by atoms with Crippen LogP contribution in [0.4, 0.5) is 0 Å². The minimum atomic E-state index is -1.61. The first-order valence-corrected chi connectivity index (χ1v) is 16.1. The van der Waals surface area contributed by atoms with Gasteiger partial charge in [-0.2, -0.15) is 0 Å². The molecule has 1 radical (unpaired) electrons. The lowest BCUT2D eigenvalue weighted by Gasteiger charge is -2.37. The molecule has 1 saturated heterocycles. The smallest absolute Gasteiger partial charge is 0.187 e. The molecular formula is C21H38NO3Si2. The molecule has 1 heterocycles. The summed E-state index contributed by atoms with van der Waals surface area (Å²) in [5, 5.41) is 0. The van der Waals surface area contributed by atoms with Gasteiger partial charge in [0.05, 0.1) is 14.9 Å². The van der Waals surface area contributed by atoms with Crippen molar-refractivity contribution in [1.29, 1.82) is 0 Å². The maximum absolute atomic E-state index is 6.58. The Labute approximate surface area is 168 Å². The van der Waals surface area contributed by atoms with Crippen LogP contribution in [-0.2, 0) is 9.16 Å². The van der Waals surface area contributed by atoms with Crippen LogP contribution in [0.5, 0.6) is 5.75 Å². The van der Waals surface area contributed by atoms with E-state index in [-0.39, 0.29) is 6.10 Å². The van der Waals surface area contributed by atoms with E-state index in [1.807, 2.05) is 30.3 Å². The van der Waals surface area contributed by atoms with Gasteiger partial charge in [-0.25, -0.2) is 0 Å². The number of hydrogen-bond acceptors (Lipinski definition) is 4. The average Bonchev–Trinajstić information content (AvgIpc) is 2.61. The van der Waals surface area contributed by atoms with Crippen molar-refractivity contribution in [3.8, 4) is 5.75 Å². The normalized spacial score (nSPS) is 22.2. The second kappa shape index (κ2) is 11.4. The molecule has 0 saturated carbocycles.